The summed E-state index contributed by atoms with van der Waals surface area (Å²) in [6, 6.07) is 9.77. The van der Waals surface area contributed by atoms with Gasteiger partial charge in [0.25, 0.3) is 10.0 Å². The van der Waals surface area contributed by atoms with Gasteiger partial charge in [-0.2, -0.15) is 0 Å². The number of thiazole rings is 1. The molecule has 0 atom stereocenters. The molecule has 1 aliphatic rings. The van der Waals surface area contributed by atoms with Gasteiger partial charge in [-0.15, -0.1) is 0 Å². The maximum Gasteiger partial charge on any atom is 0.307 e. The molecule has 1 aromatic heterocycles. The molecule has 0 radical (unpaired) electrons. The molecular weight excluding hydrogens is 398 g/mol. The molecule has 28 heavy (non-hydrogen) atoms. The molecule has 0 saturated carbocycles. The minimum absolute atomic E-state index is 0.0620. The molecule has 7 nitrogen and oxygen atoms in total. The van der Waals surface area contributed by atoms with E-state index in [1.54, 1.807) is 49.2 Å². The van der Waals surface area contributed by atoms with Gasteiger partial charge < -0.3 is 9.47 Å². The molecule has 1 saturated heterocycles. The van der Waals surface area contributed by atoms with Crippen molar-refractivity contribution in [3.8, 4) is 0 Å². The van der Waals surface area contributed by atoms with Crippen LogP contribution < -0.4 is 14.5 Å². The van der Waals surface area contributed by atoms with Crippen molar-refractivity contribution in [2.24, 2.45) is 7.05 Å². The van der Waals surface area contributed by atoms with E-state index in [1.807, 2.05) is 0 Å². The van der Waals surface area contributed by atoms with E-state index < -0.39 is 10.0 Å². The SMILES string of the molecule is Cc1cc(S(=O)(=O)Nc2ccc3c(c2)sc(=O)n3C)ccc1N1CCCC1=O. The third-order valence-electron chi connectivity index (χ3n) is 4.89. The Kier molecular flexibility index (Phi) is 4.51. The first-order valence-corrected chi connectivity index (χ1v) is 11.1. The van der Waals surface area contributed by atoms with Gasteiger partial charge in [0.05, 0.1) is 20.8 Å². The van der Waals surface area contributed by atoms with E-state index in [0.717, 1.165) is 34.5 Å². The standard InChI is InChI=1S/C19H19N3O4S2/c1-12-10-14(6-8-15(12)22-9-3-4-18(22)23)28(25,26)20-13-5-7-16-17(11-13)27-19(24)21(16)2/h5-8,10-11,20H,3-4,9H2,1-2H3. The molecule has 0 spiro atoms. The van der Waals surface area contributed by atoms with Crippen LogP contribution in [0.3, 0.4) is 0 Å². The fraction of sp³-hybridized carbons (Fsp3) is 0.263. The lowest BCUT2D eigenvalue weighted by Crippen LogP contribution is -2.24. The van der Waals surface area contributed by atoms with Crippen LogP contribution in [-0.4, -0.2) is 25.4 Å². The van der Waals surface area contributed by atoms with E-state index in [0.29, 0.717) is 23.4 Å². The van der Waals surface area contributed by atoms with E-state index in [-0.39, 0.29) is 15.7 Å². The summed E-state index contributed by atoms with van der Waals surface area (Å²) >= 11 is 1.07. The zero-order chi connectivity index (χ0) is 20.1. The number of carbonyl (C=O) groups is 1. The van der Waals surface area contributed by atoms with E-state index in [4.69, 9.17) is 0 Å². The van der Waals surface area contributed by atoms with Crippen LogP contribution in [0.15, 0.2) is 46.1 Å². The minimum atomic E-state index is -3.80. The predicted octanol–water partition coefficient (Wildman–Crippen LogP) is 2.84. The fourth-order valence-electron chi connectivity index (χ4n) is 3.41. The number of sulfonamides is 1. The Balaban J connectivity index is 1.64. The molecule has 2 aromatic carbocycles. The number of aryl methyl sites for hydroxylation is 2. The van der Waals surface area contributed by atoms with Gasteiger partial charge in [-0.05, 0) is 55.3 Å². The summed E-state index contributed by atoms with van der Waals surface area (Å²) in [5.41, 5.74) is 2.63. The number of benzene rings is 2. The van der Waals surface area contributed by atoms with Crippen LogP contribution in [0.2, 0.25) is 0 Å². The number of anilines is 2. The predicted molar refractivity (Wildman–Crippen MR) is 111 cm³/mol. The van der Waals surface area contributed by atoms with Gasteiger partial charge >= 0.3 is 4.87 Å². The average molecular weight is 418 g/mol. The molecule has 146 valence electrons. The molecule has 2 heterocycles. The Hall–Kier alpha value is -2.65. The van der Waals surface area contributed by atoms with Crippen molar-refractivity contribution < 1.29 is 13.2 Å². The molecule has 1 N–H and O–H groups in total. The van der Waals surface area contributed by atoms with Crippen LogP contribution in [0.4, 0.5) is 11.4 Å². The maximum absolute atomic E-state index is 12.8. The Labute approximate surface area is 166 Å². The summed E-state index contributed by atoms with van der Waals surface area (Å²) in [5.74, 6) is 0.0620. The summed E-state index contributed by atoms with van der Waals surface area (Å²) in [5, 5.41) is 0. The van der Waals surface area contributed by atoms with Crippen molar-refractivity contribution in [2.45, 2.75) is 24.7 Å². The molecule has 1 aliphatic heterocycles. The van der Waals surface area contributed by atoms with Crippen LogP contribution in [0.1, 0.15) is 18.4 Å². The first-order valence-electron chi connectivity index (χ1n) is 8.80. The van der Waals surface area contributed by atoms with Gasteiger partial charge in [-0.1, -0.05) is 11.3 Å². The Morgan fingerprint density at radius 3 is 2.57 bits per heavy atom. The second-order valence-corrected chi connectivity index (χ2v) is 9.49. The number of hydrogen-bond acceptors (Lipinski definition) is 5. The van der Waals surface area contributed by atoms with Gasteiger partial charge in [0, 0.05) is 25.7 Å². The average Bonchev–Trinajstić information content (AvgIpc) is 3.18. The molecule has 1 amide bonds. The lowest BCUT2D eigenvalue weighted by Gasteiger charge is -2.19. The Morgan fingerprint density at radius 1 is 1.11 bits per heavy atom. The molecular formula is C19H19N3O4S2. The zero-order valence-electron chi connectivity index (χ0n) is 15.4. The number of aromatic nitrogens is 1. The van der Waals surface area contributed by atoms with Crippen LogP contribution in [0.5, 0.6) is 0 Å². The Bertz CT molecular complexity index is 1260. The van der Waals surface area contributed by atoms with Crippen molar-refractivity contribution in [1.82, 2.24) is 4.57 Å². The summed E-state index contributed by atoms with van der Waals surface area (Å²) in [6.07, 6.45) is 1.34. The smallest absolute Gasteiger partial charge is 0.307 e. The number of hydrogen-bond donors (Lipinski definition) is 1. The van der Waals surface area contributed by atoms with Crippen molar-refractivity contribution in [2.75, 3.05) is 16.2 Å². The molecule has 4 rings (SSSR count). The fourth-order valence-corrected chi connectivity index (χ4v) is 5.47. The second-order valence-electron chi connectivity index (χ2n) is 6.81. The monoisotopic (exact) mass is 417 g/mol. The van der Waals surface area contributed by atoms with Gasteiger partial charge in [0.1, 0.15) is 0 Å². The maximum atomic E-state index is 12.8. The van der Waals surface area contributed by atoms with E-state index in [2.05, 4.69) is 4.72 Å². The number of rotatable bonds is 4. The highest BCUT2D eigenvalue weighted by Crippen LogP contribution is 2.28. The number of fused-ring (bicyclic) bond motifs is 1. The van der Waals surface area contributed by atoms with Crippen molar-refractivity contribution >= 4 is 48.9 Å². The van der Waals surface area contributed by atoms with Crippen molar-refractivity contribution in [3.63, 3.8) is 0 Å². The van der Waals surface area contributed by atoms with Crippen LogP contribution in [-0.2, 0) is 21.9 Å². The van der Waals surface area contributed by atoms with Crippen LogP contribution in [0.25, 0.3) is 10.2 Å². The number of amides is 1. The first kappa shape index (κ1) is 18.7. The van der Waals surface area contributed by atoms with Gasteiger partial charge in [-0.25, -0.2) is 8.42 Å². The van der Waals surface area contributed by atoms with Crippen molar-refractivity contribution in [3.05, 3.63) is 51.6 Å². The number of nitrogens with zero attached hydrogens (tertiary/aromatic N) is 2. The van der Waals surface area contributed by atoms with Crippen LogP contribution >= 0.6 is 11.3 Å². The molecule has 0 unspecified atom stereocenters. The second kappa shape index (κ2) is 6.75. The van der Waals surface area contributed by atoms with Gasteiger partial charge in [0.2, 0.25) is 5.91 Å². The quantitative estimate of drug-likeness (QED) is 0.707. The van der Waals surface area contributed by atoms with E-state index in [1.165, 1.54) is 10.6 Å². The third-order valence-corrected chi connectivity index (χ3v) is 7.26. The normalized spacial score (nSPS) is 14.8. The summed E-state index contributed by atoms with van der Waals surface area (Å²) < 4.78 is 30.4. The van der Waals surface area contributed by atoms with Gasteiger partial charge in [-0.3, -0.25) is 14.3 Å². The summed E-state index contributed by atoms with van der Waals surface area (Å²) in [6.45, 7) is 2.46. The summed E-state index contributed by atoms with van der Waals surface area (Å²) in [4.78, 5) is 25.5. The van der Waals surface area contributed by atoms with Crippen molar-refractivity contribution in [1.29, 1.82) is 0 Å². The first-order chi connectivity index (χ1) is 13.3. The minimum Gasteiger partial charge on any atom is -0.312 e. The highest BCUT2D eigenvalue weighted by atomic mass is 32.2. The summed E-state index contributed by atoms with van der Waals surface area (Å²) in [7, 11) is -2.11. The zero-order valence-corrected chi connectivity index (χ0v) is 17.1. The number of carbonyl (C=O) groups excluding carboxylic acids is 1. The molecule has 1 fully saturated rings. The lowest BCUT2D eigenvalue weighted by atomic mass is 10.2. The highest BCUT2D eigenvalue weighted by molar-refractivity contribution is 7.92. The lowest BCUT2D eigenvalue weighted by molar-refractivity contribution is -0.117. The van der Waals surface area contributed by atoms with Crippen LogP contribution in [0, 0.1) is 6.92 Å². The molecule has 9 heteroatoms. The topological polar surface area (TPSA) is 88.5 Å². The van der Waals surface area contributed by atoms with Gasteiger partial charge in [0.15, 0.2) is 0 Å². The molecule has 0 aliphatic carbocycles. The Morgan fingerprint density at radius 2 is 1.89 bits per heavy atom. The van der Waals surface area contributed by atoms with E-state index >= 15 is 0 Å². The third kappa shape index (κ3) is 3.20. The molecule has 3 aromatic rings. The molecule has 0 bridgehead atoms. The largest absolute Gasteiger partial charge is 0.312 e. The van der Waals surface area contributed by atoms with E-state index in [9.17, 15) is 18.0 Å². The number of nitrogens with one attached hydrogen (secondary N) is 1. The highest BCUT2D eigenvalue weighted by Gasteiger charge is 2.24.